The lowest BCUT2D eigenvalue weighted by atomic mass is 10.3. The van der Waals surface area contributed by atoms with E-state index in [1.165, 1.54) is 0 Å². The lowest BCUT2D eigenvalue weighted by Crippen LogP contribution is -2.36. The molecule has 3 heterocycles. The van der Waals surface area contributed by atoms with Gasteiger partial charge in [-0.2, -0.15) is 0 Å². The first-order chi connectivity index (χ1) is 7.45. The third-order valence-corrected chi connectivity index (χ3v) is 2.67. The molecule has 0 aromatic carbocycles. The third kappa shape index (κ3) is 1.47. The zero-order chi connectivity index (χ0) is 10.1. The average Bonchev–Trinajstić information content (AvgIpc) is 2.78. The highest BCUT2D eigenvalue weighted by molar-refractivity contribution is 5.86. The van der Waals surface area contributed by atoms with Gasteiger partial charge in [-0.3, -0.25) is 4.98 Å². The largest absolute Gasteiger partial charge is 0.460 e. The molecule has 0 N–H and O–H groups in total. The van der Waals surface area contributed by atoms with Gasteiger partial charge in [0.1, 0.15) is 5.52 Å². The van der Waals surface area contributed by atoms with Crippen LogP contribution in [0.5, 0.6) is 0 Å². The van der Waals surface area contributed by atoms with Gasteiger partial charge in [-0.25, -0.2) is 0 Å². The van der Waals surface area contributed by atoms with Crippen molar-refractivity contribution in [1.29, 1.82) is 0 Å². The summed E-state index contributed by atoms with van der Waals surface area (Å²) in [5.74, 6) is 0. The number of furan rings is 1. The molecule has 2 aromatic heterocycles. The lowest BCUT2D eigenvalue weighted by Gasteiger charge is -2.28. The fraction of sp³-hybridized carbons (Fsp3) is 0.364. The molecule has 1 saturated heterocycles. The molecule has 1 aliphatic rings. The second-order valence-electron chi connectivity index (χ2n) is 3.56. The summed E-state index contributed by atoms with van der Waals surface area (Å²) >= 11 is 0. The van der Waals surface area contributed by atoms with E-state index in [2.05, 4.69) is 9.88 Å². The van der Waals surface area contributed by atoms with E-state index < -0.39 is 0 Å². The highest BCUT2D eigenvalue weighted by Crippen LogP contribution is 2.26. The van der Waals surface area contributed by atoms with Crippen molar-refractivity contribution in [1.82, 2.24) is 4.98 Å². The molecule has 15 heavy (non-hydrogen) atoms. The van der Waals surface area contributed by atoms with Crippen LogP contribution < -0.4 is 4.90 Å². The van der Waals surface area contributed by atoms with E-state index in [-0.39, 0.29) is 0 Å². The predicted octanol–water partition coefficient (Wildman–Crippen LogP) is 1.66. The molecular formula is C11H12N2O2. The Kier molecular flexibility index (Phi) is 2.07. The summed E-state index contributed by atoms with van der Waals surface area (Å²) in [5, 5.41) is 0. The molecule has 0 radical (unpaired) electrons. The number of ether oxygens (including phenoxy) is 1. The molecule has 1 aliphatic heterocycles. The normalized spacial score (nSPS) is 17.2. The number of rotatable bonds is 1. The summed E-state index contributed by atoms with van der Waals surface area (Å²) in [4.78, 5) is 6.52. The SMILES string of the molecule is c1cc(N2CCOCC2)c2occc2n1. The Morgan fingerprint density at radius 1 is 1.20 bits per heavy atom. The molecule has 1 fully saturated rings. The van der Waals surface area contributed by atoms with Crippen LogP contribution in [0.2, 0.25) is 0 Å². The summed E-state index contributed by atoms with van der Waals surface area (Å²) < 4.78 is 10.8. The maximum atomic E-state index is 5.46. The summed E-state index contributed by atoms with van der Waals surface area (Å²) in [7, 11) is 0. The maximum Gasteiger partial charge on any atom is 0.175 e. The van der Waals surface area contributed by atoms with Crippen LogP contribution in [0.1, 0.15) is 0 Å². The number of nitrogens with zero attached hydrogens (tertiary/aromatic N) is 2. The highest BCUT2D eigenvalue weighted by atomic mass is 16.5. The van der Waals surface area contributed by atoms with E-state index in [1.54, 1.807) is 6.26 Å². The van der Waals surface area contributed by atoms with Crippen LogP contribution in [0.15, 0.2) is 29.0 Å². The molecule has 3 rings (SSSR count). The number of hydrogen-bond donors (Lipinski definition) is 0. The monoisotopic (exact) mass is 204 g/mol. The molecule has 78 valence electrons. The Balaban J connectivity index is 2.05. The van der Waals surface area contributed by atoms with E-state index in [4.69, 9.17) is 9.15 Å². The fourth-order valence-corrected chi connectivity index (χ4v) is 1.91. The predicted molar refractivity (Wildman–Crippen MR) is 57.0 cm³/mol. The van der Waals surface area contributed by atoms with Crippen LogP contribution >= 0.6 is 0 Å². The minimum absolute atomic E-state index is 0.782. The molecule has 0 aliphatic carbocycles. The summed E-state index contributed by atoms with van der Waals surface area (Å²) in [6.45, 7) is 3.40. The molecule has 2 aromatic rings. The first kappa shape index (κ1) is 8.73. The van der Waals surface area contributed by atoms with E-state index in [9.17, 15) is 0 Å². The highest BCUT2D eigenvalue weighted by Gasteiger charge is 2.15. The molecule has 0 unspecified atom stereocenters. The smallest absolute Gasteiger partial charge is 0.175 e. The van der Waals surface area contributed by atoms with Crippen LogP contribution in [-0.2, 0) is 4.74 Å². The fourth-order valence-electron chi connectivity index (χ4n) is 1.91. The van der Waals surface area contributed by atoms with Gasteiger partial charge < -0.3 is 14.1 Å². The first-order valence-corrected chi connectivity index (χ1v) is 5.10. The van der Waals surface area contributed by atoms with Crippen molar-refractivity contribution >= 4 is 16.8 Å². The van der Waals surface area contributed by atoms with Gasteiger partial charge in [0, 0.05) is 25.4 Å². The number of hydrogen-bond acceptors (Lipinski definition) is 4. The molecule has 0 atom stereocenters. The molecular weight excluding hydrogens is 192 g/mol. The van der Waals surface area contributed by atoms with Crippen molar-refractivity contribution in [3.8, 4) is 0 Å². The second-order valence-corrected chi connectivity index (χ2v) is 3.56. The quantitative estimate of drug-likeness (QED) is 0.708. The molecule has 0 saturated carbocycles. The Morgan fingerprint density at radius 3 is 2.93 bits per heavy atom. The Bertz CT molecular complexity index is 460. The van der Waals surface area contributed by atoms with E-state index in [0.717, 1.165) is 43.1 Å². The first-order valence-electron chi connectivity index (χ1n) is 5.10. The topological polar surface area (TPSA) is 38.5 Å². The molecule has 4 heteroatoms. The van der Waals surface area contributed by atoms with Crippen LogP contribution in [0.4, 0.5) is 5.69 Å². The van der Waals surface area contributed by atoms with Gasteiger partial charge in [-0.15, -0.1) is 0 Å². The number of fused-ring (bicyclic) bond motifs is 1. The van der Waals surface area contributed by atoms with Gasteiger partial charge >= 0.3 is 0 Å². The van der Waals surface area contributed by atoms with Crippen molar-refractivity contribution in [2.75, 3.05) is 31.2 Å². The molecule has 0 bridgehead atoms. The van der Waals surface area contributed by atoms with Gasteiger partial charge in [-0.1, -0.05) is 0 Å². The van der Waals surface area contributed by atoms with Crippen molar-refractivity contribution in [2.45, 2.75) is 0 Å². The van der Waals surface area contributed by atoms with Crippen molar-refractivity contribution < 1.29 is 9.15 Å². The summed E-state index contributed by atoms with van der Waals surface area (Å²) in [6.07, 6.45) is 3.50. The zero-order valence-corrected chi connectivity index (χ0v) is 8.35. The number of anilines is 1. The minimum Gasteiger partial charge on any atom is -0.460 e. The van der Waals surface area contributed by atoms with Gasteiger partial charge in [0.15, 0.2) is 5.58 Å². The number of aromatic nitrogens is 1. The van der Waals surface area contributed by atoms with Crippen molar-refractivity contribution in [3.05, 3.63) is 24.6 Å². The van der Waals surface area contributed by atoms with E-state index in [0.29, 0.717) is 0 Å². The second kappa shape index (κ2) is 3.55. The third-order valence-electron chi connectivity index (χ3n) is 2.67. The molecule has 0 spiro atoms. The molecule has 0 amide bonds. The van der Waals surface area contributed by atoms with Gasteiger partial charge in [0.2, 0.25) is 0 Å². The van der Waals surface area contributed by atoms with E-state index in [1.807, 2.05) is 18.3 Å². The minimum atomic E-state index is 0.782. The van der Waals surface area contributed by atoms with E-state index >= 15 is 0 Å². The number of morpholine rings is 1. The zero-order valence-electron chi connectivity index (χ0n) is 8.35. The Hall–Kier alpha value is -1.55. The van der Waals surface area contributed by atoms with Gasteiger partial charge in [-0.05, 0) is 6.07 Å². The van der Waals surface area contributed by atoms with Crippen molar-refractivity contribution in [3.63, 3.8) is 0 Å². The van der Waals surface area contributed by atoms with Crippen LogP contribution in [0.3, 0.4) is 0 Å². The number of pyridine rings is 1. The lowest BCUT2D eigenvalue weighted by molar-refractivity contribution is 0.122. The Morgan fingerprint density at radius 2 is 2.07 bits per heavy atom. The van der Waals surface area contributed by atoms with Crippen LogP contribution in [-0.4, -0.2) is 31.3 Å². The summed E-state index contributed by atoms with van der Waals surface area (Å²) in [6, 6.07) is 3.89. The molecule has 4 nitrogen and oxygen atoms in total. The van der Waals surface area contributed by atoms with Crippen LogP contribution in [0.25, 0.3) is 11.1 Å². The average molecular weight is 204 g/mol. The Labute approximate surface area is 87.5 Å². The van der Waals surface area contributed by atoms with Gasteiger partial charge in [0.25, 0.3) is 0 Å². The standard InChI is InChI=1S/C11H12N2O2/c1-3-12-9-2-6-15-11(9)10(1)13-4-7-14-8-5-13/h1-3,6H,4-5,7-8H2. The summed E-state index contributed by atoms with van der Waals surface area (Å²) in [5.41, 5.74) is 2.91. The van der Waals surface area contributed by atoms with Crippen molar-refractivity contribution in [2.24, 2.45) is 0 Å². The van der Waals surface area contributed by atoms with Gasteiger partial charge in [0.05, 0.1) is 25.2 Å². The van der Waals surface area contributed by atoms with Crippen LogP contribution in [0, 0.1) is 0 Å². The maximum absolute atomic E-state index is 5.46.